The first-order valence-corrected chi connectivity index (χ1v) is 8.75. The Hall–Kier alpha value is -1.04. The summed E-state index contributed by atoms with van der Waals surface area (Å²) in [6.07, 6.45) is 3.27. The van der Waals surface area contributed by atoms with Gasteiger partial charge in [0.1, 0.15) is 0 Å². The molecule has 0 aliphatic carbocycles. The summed E-state index contributed by atoms with van der Waals surface area (Å²) in [6.45, 7) is 6.36. The number of nitrogens with one attached hydrogen (secondary N) is 1. The van der Waals surface area contributed by atoms with Crippen molar-refractivity contribution in [1.82, 2.24) is 10.2 Å². The fourth-order valence-corrected chi connectivity index (χ4v) is 3.28. The maximum Gasteiger partial charge on any atom is 0.242 e. The summed E-state index contributed by atoms with van der Waals surface area (Å²) in [6, 6.07) is 0.172. The lowest BCUT2D eigenvalue weighted by molar-refractivity contribution is -0.138. The zero-order chi connectivity index (χ0) is 15.8. The first-order chi connectivity index (χ1) is 9.95. The van der Waals surface area contributed by atoms with Crippen LogP contribution in [0.25, 0.3) is 0 Å². The van der Waals surface area contributed by atoms with Gasteiger partial charge < -0.3 is 5.32 Å². The van der Waals surface area contributed by atoms with Crippen LogP contribution in [0.4, 0.5) is 0 Å². The van der Waals surface area contributed by atoms with Crippen LogP contribution in [-0.2, 0) is 14.4 Å². The Balaban J connectivity index is 2.19. The summed E-state index contributed by atoms with van der Waals surface area (Å²) in [5.41, 5.74) is 0. The third-order valence-corrected chi connectivity index (χ3v) is 4.41. The van der Waals surface area contributed by atoms with Gasteiger partial charge >= 0.3 is 0 Å². The number of nitrogens with zero attached hydrogens (tertiary/aromatic N) is 1. The number of thioether (sulfide) groups is 1. The number of carbonyl (C=O) groups is 3. The fourth-order valence-electron chi connectivity index (χ4n) is 2.35. The molecule has 0 aromatic rings. The lowest BCUT2D eigenvalue weighted by Gasteiger charge is -2.14. The average Bonchev–Trinajstić information content (AvgIpc) is 2.65. The Bertz CT molecular complexity index is 385. The summed E-state index contributed by atoms with van der Waals surface area (Å²) in [7, 11) is 0. The largest absolute Gasteiger partial charge is 0.354 e. The van der Waals surface area contributed by atoms with E-state index in [4.69, 9.17) is 0 Å². The molecular formula is C15H26N2O3S. The molecule has 1 unspecified atom stereocenters. The molecule has 3 amide bonds. The van der Waals surface area contributed by atoms with Crippen molar-refractivity contribution in [3.63, 3.8) is 0 Å². The van der Waals surface area contributed by atoms with E-state index in [1.807, 2.05) is 20.8 Å². The summed E-state index contributed by atoms with van der Waals surface area (Å²) in [5, 5.41) is 2.67. The highest BCUT2D eigenvalue weighted by Gasteiger charge is 2.37. The molecule has 1 fully saturated rings. The van der Waals surface area contributed by atoms with Crippen LogP contribution in [-0.4, -0.2) is 46.2 Å². The molecule has 1 heterocycles. The lowest BCUT2D eigenvalue weighted by atomic mass is 10.1. The molecule has 6 heteroatoms. The first-order valence-electron chi connectivity index (χ1n) is 7.70. The van der Waals surface area contributed by atoms with E-state index in [0.29, 0.717) is 19.4 Å². The zero-order valence-corrected chi connectivity index (χ0v) is 14.0. The Morgan fingerprint density at radius 2 is 2.05 bits per heavy atom. The number of unbranched alkanes of at least 4 members (excludes halogenated alkanes) is 2. The van der Waals surface area contributed by atoms with Crippen molar-refractivity contribution in [3.8, 4) is 0 Å². The molecule has 1 aliphatic heterocycles. The van der Waals surface area contributed by atoms with E-state index in [9.17, 15) is 14.4 Å². The van der Waals surface area contributed by atoms with Crippen molar-refractivity contribution < 1.29 is 14.4 Å². The molecule has 5 nitrogen and oxygen atoms in total. The van der Waals surface area contributed by atoms with E-state index in [0.717, 1.165) is 25.0 Å². The van der Waals surface area contributed by atoms with Crippen LogP contribution in [0.15, 0.2) is 0 Å². The SMILES string of the molecule is CCSC1CC(=O)N(CCCCCC(=O)NC(C)C)C1=O. The van der Waals surface area contributed by atoms with Gasteiger partial charge in [-0.2, -0.15) is 0 Å². The van der Waals surface area contributed by atoms with E-state index in [1.54, 1.807) is 11.8 Å². The second-order valence-corrected chi connectivity index (χ2v) is 7.04. The normalized spacial score (nSPS) is 18.7. The first kappa shape index (κ1) is 18.0. The molecule has 0 spiro atoms. The molecule has 1 aliphatic rings. The minimum atomic E-state index is -0.181. The van der Waals surface area contributed by atoms with Gasteiger partial charge in [0, 0.05) is 25.4 Å². The molecule has 0 aromatic heterocycles. The molecule has 1 rings (SSSR count). The zero-order valence-electron chi connectivity index (χ0n) is 13.2. The van der Waals surface area contributed by atoms with Crippen LogP contribution >= 0.6 is 11.8 Å². The molecular weight excluding hydrogens is 288 g/mol. The Morgan fingerprint density at radius 1 is 1.33 bits per heavy atom. The highest BCUT2D eigenvalue weighted by atomic mass is 32.2. The van der Waals surface area contributed by atoms with Gasteiger partial charge in [-0.15, -0.1) is 11.8 Å². The molecule has 120 valence electrons. The monoisotopic (exact) mass is 314 g/mol. The van der Waals surface area contributed by atoms with Crippen LogP contribution in [0.1, 0.15) is 52.9 Å². The summed E-state index contributed by atoms with van der Waals surface area (Å²) < 4.78 is 0. The Morgan fingerprint density at radius 3 is 2.67 bits per heavy atom. The predicted molar refractivity (Wildman–Crippen MR) is 85.0 cm³/mol. The van der Waals surface area contributed by atoms with E-state index in [1.165, 1.54) is 4.90 Å². The fraction of sp³-hybridized carbons (Fsp3) is 0.800. The van der Waals surface area contributed by atoms with Crippen LogP contribution < -0.4 is 5.32 Å². The molecule has 1 atom stereocenters. The number of likely N-dealkylation sites (tertiary alicyclic amines) is 1. The topological polar surface area (TPSA) is 66.5 Å². The Labute approximate surface area is 131 Å². The van der Waals surface area contributed by atoms with Gasteiger partial charge in [-0.1, -0.05) is 13.3 Å². The van der Waals surface area contributed by atoms with Crippen molar-refractivity contribution in [1.29, 1.82) is 0 Å². The number of hydrogen-bond acceptors (Lipinski definition) is 4. The quantitative estimate of drug-likeness (QED) is 0.522. The second-order valence-electron chi connectivity index (χ2n) is 5.56. The second kappa shape index (κ2) is 9.07. The van der Waals surface area contributed by atoms with Gasteiger partial charge in [-0.05, 0) is 32.4 Å². The summed E-state index contributed by atoms with van der Waals surface area (Å²) in [4.78, 5) is 36.7. The van der Waals surface area contributed by atoms with E-state index < -0.39 is 0 Å². The van der Waals surface area contributed by atoms with Gasteiger partial charge in [0.2, 0.25) is 17.7 Å². The van der Waals surface area contributed by atoms with E-state index in [2.05, 4.69) is 5.32 Å². The number of amides is 3. The molecule has 1 N–H and O–H groups in total. The number of carbonyl (C=O) groups excluding carboxylic acids is 3. The lowest BCUT2D eigenvalue weighted by Crippen LogP contribution is -2.32. The molecule has 1 saturated heterocycles. The maximum atomic E-state index is 12.0. The molecule has 21 heavy (non-hydrogen) atoms. The van der Waals surface area contributed by atoms with Crippen molar-refractivity contribution >= 4 is 29.5 Å². The van der Waals surface area contributed by atoms with Crippen molar-refractivity contribution in [2.24, 2.45) is 0 Å². The highest BCUT2D eigenvalue weighted by molar-refractivity contribution is 8.00. The minimum Gasteiger partial charge on any atom is -0.354 e. The molecule has 0 bridgehead atoms. The average molecular weight is 314 g/mol. The van der Waals surface area contributed by atoms with Gasteiger partial charge in [-0.25, -0.2) is 0 Å². The number of rotatable bonds is 9. The highest BCUT2D eigenvalue weighted by Crippen LogP contribution is 2.25. The van der Waals surface area contributed by atoms with Crippen molar-refractivity contribution in [2.75, 3.05) is 12.3 Å². The third kappa shape index (κ3) is 6.08. The summed E-state index contributed by atoms with van der Waals surface area (Å²) in [5.74, 6) is 0.827. The van der Waals surface area contributed by atoms with Gasteiger partial charge in [0.25, 0.3) is 0 Å². The van der Waals surface area contributed by atoms with Crippen molar-refractivity contribution in [2.45, 2.75) is 64.2 Å². The van der Waals surface area contributed by atoms with E-state index in [-0.39, 0.29) is 29.0 Å². The maximum absolute atomic E-state index is 12.0. The van der Waals surface area contributed by atoms with Crippen LogP contribution in [0, 0.1) is 0 Å². The smallest absolute Gasteiger partial charge is 0.242 e. The molecule has 0 radical (unpaired) electrons. The van der Waals surface area contributed by atoms with Gasteiger partial charge in [-0.3, -0.25) is 19.3 Å². The molecule has 0 saturated carbocycles. The Kier molecular flexibility index (Phi) is 7.78. The number of imide groups is 1. The standard InChI is InChI=1S/C15H26N2O3S/c1-4-21-12-10-14(19)17(15(12)20)9-7-5-6-8-13(18)16-11(2)3/h11-12H,4-10H2,1-3H3,(H,16,18). The van der Waals surface area contributed by atoms with Gasteiger partial charge in [0.05, 0.1) is 5.25 Å². The molecule has 0 aromatic carbocycles. The van der Waals surface area contributed by atoms with Crippen LogP contribution in [0.5, 0.6) is 0 Å². The number of hydrogen-bond donors (Lipinski definition) is 1. The third-order valence-electron chi connectivity index (χ3n) is 3.31. The summed E-state index contributed by atoms with van der Waals surface area (Å²) >= 11 is 1.54. The van der Waals surface area contributed by atoms with Crippen molar-refractivity contribution in [3.05, 3.63) is 0 Å². The predicted octanol–water partition coefficient (Wildman–Crippen LogP) is 1.95. The van der Waals surface area contributed by atoms with Crippen LogP contribution in [0.2, 0.25) is 0 Å². The van der Waals surface area contributed by atoms with E-state index >= 15 is 0 Å². The van der Waals surface area contributed by atoms with Crippen LogP contribution in [0.3, 0.4) is 0 Å². The van der Waals surface area contributed by atoms with Gasteiger partial charge in [0.15, 0.2) is 0 Å². The minimum absolute atomic E-state index is 0.0376.